The van der Waals surface area contributed by atoms with Crippen molar-refractivity contribution in [2.45, 2.75) is 0 Å². The normalized spacial score (nSPS) is 11.3. The van der Waals surface area contributed by atoms with E-state index in [9.17, 15) is 0 Å². The van der Waals surface area contributed by atoms with Gasteiger partial charge in [0.15, 0.2) is 23.3 Å². The molecule has 0 atom stereocenters. The minimum Gasteiger partial charge on any atom is -0.228 e. The molecule has 0 fully saturated rings. The topological polar surface area (TPSA) is 64.5 Å². The Hall–Kier alpha value is -7.15. The van der Waals surface area contributed by atoms with E-state index in [4.69, 9.17) is 24.9 Å². The number of thiophene rings is 1. The molecule has 0 aliphatic rings. The van der Waals surface area contributed by atoms with Crippen LogP contribution in [0.3, 0.4) is 0 Å². The van der Waals surface area contributed by atoms with Crippen LogP contribution in [0, 0.1) is 0 Å². The molecule has 0 aliphatic heterocycles. The van der Waals surface area contributed by atoms with Crippen LogP contribution in [0.5, 0.6) is 0 Å². The van der Waals surface area contributed by atoms with Gasteiger partial charge in [-0.2, -0.15) is 0 Å². The standard InChI is InChI=1S/C49H31N5S/c1-5-16-32(17-6-1)42-31-43(33-18-7-2-8-19-33)51-48(50-42)37-25-15-24-36(28-37)38-29-40-39-26-13-14-27-44(39)55-45(40)41(30-38)49-53-46(34-20-9-3-10-21-34)52-47(54-49)35-22-11-4-12-23-35/h1-31H. The van der Waals surface area contributed by atoms with Gasteiger partial charge in [-0.3, -0.25) is 0 Å². The summed E-state index contributed by atoms with van der Waals surface area (Å²) in [5.74, 6) is 2.57. The predicted octanol–water partition coefficient (Wildman–Crippen LogP) is 12.7. The van der Waals surface area contributed by atoms with Gasteiger partial charge in [0.2, 0.25) is 0 Å². The average molecular weight is 722 g/mol. The van der Waals surface area contributed by atoms with Gasteiger partial charge in [0.1, 0.15) is 0 Å². The summed E-state index contributed by atoms with van der Waals surface area (Å²) in [6.45, 7) is 0. The van der Waals surface area contributed by atoms with Crippen molar-refractivity contribution in [2.24, 2.45) is 0 Å². The lowest BCUT2D eigenvalue weighted by molar-refractivity contribution is 1.08. The fourth-order valence-electron chi connectivity index (χ4n) is 7.02. The summed E-state index contributed by atoms with van der Waals surface area (Å²) in [5, 5.41) is 2.36. The van der Waals surface area contributed by atoms with E-state index in [1.807, 2.05) is 97.1 Å². The third-order valence-corrected chi connectivity index (χ3v) is 11.0. The summed E-state index contributed by atoms with van der Waals surface area (Å²) < 4.78 is 2.35. The van der Waals surface area contributed by atoms with Gasteiger partial charge in [-0.15, -0.1) is 11.3 Å². The average Bonchev–Trinajstić information content (AvgIpc) is 3.66. The molecule has 3 heterocycles. The molecule has 0 amide bonds. The Morgan fingerprint density at radius 1 is 0.291 bits per heavy atom. The SMILES string of the molecule is c1ccc(-c2cc(-c3ccccc3)nc(-c3cccc(-c4cc(-c5nc(-c6ccccc6)nc(-c6ccccc6)n5)c5sc6ccccc6c5c4)c3)n2)cc1. The van der Waals surface area contributed by atoms with Gasteiger partial charge >= 0.3 is 0 Å². The molecule has 6 heteroatoms. The quantitative estimate of drug-likeness (QED) is 0.164. The fourth-order valence-corrected chi connectivity index (χ4v) is 8.21. The largest absolute Gasteiger partial charge is 0.228 e. The number of hydrogen-bond acceptors (Lipinski definition) is 6. The van der Waals surface area contributed by atoms with Gasteiger partial charge < -0.3 is 0 Å². The molecule has 0 unspecified atom stereocenters. The molecule has 10 rings (SSSR count). The number of rotatable bonds is 7. The van der Waals surface area contributed by atoms with Crippen molar-refractivity contribution in [3.8, 4) is 79.2 Å². The number of aromatic nitrogens is 5. The summed E-state index contributed by atoms with van der Waals surface area (Å²) in [7, 11) is 0. The van der Waals surface area contributed by atoms with Crippen LogP contribution in [0.4, 0.5) is 0 Å². The molecule has 0 bridgehead atoms. The first-order valence-electron chi connectivity index (χ1n) is 18.2. The smallest absolute Gasteiger partial charge is 0.165 e. The Bertz CT molecular complexity index is 2850. The molecule has 0 spiro atoms. The van der Waals surface area contributed by atoms with Crippen LogP contribution in [0.25, 0.3) is 99.4 Å². The van der Waals surface area contributed by atoms with E-state index in [1.54, 1.807) is 11.3 Å². The van der Waals surface area contributed by atoms with Gasteiger partial charge in [-0.25, -0.2) is 24.9 Å². The van der Waals surface area contributed by atoms with Crippen LogP contribution >= 0.6 is 11.3 Å². The first-order valence-corrected chi connectivity index (χ1v) is 19.0. The predicted molar refractivity (Wildman–Crippen MR) is 226 cm³/mol. The molecule has 0 N–H and O–H groups in total. The maximum absolute atomic E-state index is 5.16. The van der Waals surface area contributed by atoms with Crippen LogP contribution in [0.2, 0.25) is 0 Å². The lowest BCUT2D eigenvalue weighted by Gasteiger charge is -2.12. The molecule has 0 saturated carbocycles. The van der Waals surface area contributed by atoms with Crippen LogP contribution in [0.15, 0.2) is 188 Å². The summed E-state index contributed by atoms with van der Waals surface area (Å²) in [6.07, 6.45) is 0. The maximum Gasteiger partial charge on any atom is 0.165 e. The van der Waals surface area contributed by atoms with Gasteiger partial charge in [0.25, 0.3) is 0 Å². The zero-order valence-electron chi connectivity index (χ0n) is 29.5. The third-order valence-electron chi connectivity index (χ3n) is 9.74. The van der Waals surface area contributed by atoms with Crippen molar-refractivity contribution in [3.05, 3.63) is 188 Å². The van der Waals surface area contributed by atoms with E-state index >= 15 is 0 Å². The second-order valence-corrected chi connectivity index (χ2v) is 14.4. The third kappa shape index (κ3) is 6.35. The van der Waals surface area contributed by atoms with E-state index in [0.717, 1.165) is 66.0 Å². The zero-order chi connectivity index (χ0) is 36.6. The first kappa shape index (κ1) is 32.5. The van der Waals surface area contributed by atoms with Crippen LogP contribution in [-0.4, -0.2) is 24.9 Å². The fraction of sp³-hybridized carbons (Fsp3) is 0. The van der Waals surface area contributed by atoms with Crippen molar-refractivity contribution in [3.63, 3.8) is 0 Å². The molecule has 0 radical (unpaired) electrons. The highest BCUT2D eigenvalue weighted by Gasteiger charge is 2.19. The Labute approximate surface area is 322 Å². The lowest BCUT2D eigenvalue weighted by atomic mass is 9.97. The minimum absolute atomic E-state index is 0.633. The number of fused-ring (bicyclic) bond motifs is 3. The molecule has 3 aromatic heterocycles. The highest BCUT2D eigenvalue weighted by atomic mass is 32.1. The highest BCUT2D eigenvalue weighted by molar-refractivity contribution is 7.26. The Balaban J connectivity index is 1.17. The molecule has 5 nitrogen and oxygen atoms in total. The van der Waals surface area contributed by atoms with Gasteiger partial charge in [0.05, 0.1) is 11.4 Å². The van der Waals surface area contributed by atoms with Gasteiger partial charge in [0, 0.05) is 53.6 Å². The van der Waals surface area contributed by atoms with Crippen molar-refractivity contribution in [1.29, 1.82) is 0 Å². The van der Waals surface area contributed by atoms with Crippen molar-refractivity contribution in [2.75, 3.05) is 0 Å². The first-order chi connectivity index (χ1) is 27.2. The molecular weight excluding hydrogens is 691 g/mol. The zero-order valence-corrected chi connectivity index (χ0v) is 30.4. The van der Waals surface area contributed by atoms with Crippen molar-refractivity contribution in [1.82, 2.24) is 24.9 Å². The van der Waals surface area contributed by atoms with Crippen LogP contribution in [0.1, 0.15) is 0 Å². The summed E-state index contributed by atoms with van der Waals surface area (Å²) in [6, 6.07) is 64.5. The van der Waals surface area contributed by atoms with E-state index in [2.05, 4.69) is 91.0 Å². The van der Waals surface area contributed by atoms with Gasteiger partial charge in [-0.1, -0.05) is 158 Å². The summed E-state index contributed by atoms with van der Waals surface area (Å²) in [4.78, 5) is 25.5. The Kier molecular flexibility index (Phi) is 8.28. The van der Waals surface area contributed by atoms with Crippen molar-refractivity contribution >= 4 is 31.5 Å². The Morgan fingerprint density at radius 3 is 1.36 bits per heavy atom. The molecule has 7 aromatic carbocycles. The monoisotopic (exact) mass is 721 g/mol. The second kappa shape index (κ2) is 14.0. The molecule has 0 saturated heterocycles. The summed E-state index contributed by atoms with van der Waals surface area (Å²) in [5.41, 5.74) is 9.71. The maximum atomic E-state index is 5.16. The van der Waals surface area contributed by atoms with Gasteiger partial charge in [-0.05, 0) is 41.5 Å². The molecule has 10 aromatic rings. The number of benzene rings is 7. The summed E-state index contributed by atoms with van der Waals surface area (Å²) >= 11 is 1.77. The minimum atomic E-state index is 0.633. The number of hydrogen-bond donors (Lipinski definition) is 0. The molecule has 0 aliphatic carbocycles. The number of nitrogens with zero attached hydrogens (tertiary/aromatic N) is 5. The Morgan fingerprint density at radius 2 is 0.764 bits per heavy atom. The van der Waals surface area contributed by atoms with Crippen LogP contribution < -0.4 is 0 Å². The van der Waals surface area contributed by atoms with Crippen LogP contribution in [-0.2, 0) is 0 Å². The molecular formula is C49H31N5S. The highest BCUT2D eigenvalue weighted by Crippen LogP contribution is 2.43. The second-order valence-electron chi connectivity index (χ2n) is 13.3. The molecule has 55 heavy (non-hydrogen) atoms. The van der Waals surface area contributed by atoms with E-state index in [1.165, 1.54) is 10.1 Å². The van der Waals surface area contributed by atoms with Crippen molar-refractivity contribution < 1.29 is 0 Å². The van der Waals surface area contributed by atoms with E-state index in [-0.39, 0.29) is 0 Å². The molecule has 258 valence electrons. The van der Waals surface area contributed by atoms with E-state index in [0.29, 0.717) is 23.3 Å². The lowest BCUT2D eigenvalue weighted by Crippen LogP contribution is -2.00. The van der Waals surface area contributed by atoms with E-state index < -0.39 is 0 Å².